The highest BCUT2D eigenvalue weighted by atomic mass is 16.5. The first-order valence-electron chi connectivity index (χ1n) is 7.96. The highest BCUT2D eigenvalue weighted by molar-refractivity contribution is 5.76. The molecule has 4 nitrogen and oxygen atoms in total. The van der Waals surface area contributed by atoms with E-state index >= 15 is 0 Å². The quantitative estimate of drug-likeness (QED) is 0.885. The number of carbonyl (C=O) groups is 1. The maximum Gasteiger partial charge on any atom is 0.220 e. The van der Waals surface area contributed by atoms with E-state index in [-0.39, 0.29) is 17.6 Å². The lowest BCUT2D eigenvalue weighted by Crippen LogP contribution is -2.54. The van der Waals surface area contributed by atoms with Gasteiger partial charge in [-0.25, -0.2) is 0 Å². The van der Waals surface area contributed by atoms with Gasteiger partial charge in [0, 0.05) is 13.0 Å². The Morgan fingerprint density at radius 2 is 2.05 bits per heavy atom. The Labute approximate surface area is 126 Å². The van der Waals surface area contributed by atoms with E-state index in [9.17, 15) is 4.79 Å². The van der Waals surface area contributed by atoms with E-state index in [4.69, 9.17) is 4.74 Å². The molecule has 2 aliphatic rings. The largest absolute Gasteiger partial charge is 0.373 e. The van der Waals surface area contributed by atoms with Crippen LogP contribution in [0.2, 0.25) is 0 Å². The Morgan fingerprint density at radius 1 is 1.29 bits per heavy atom. The fraction of sp³-hybridized carbons (Fsp3) is 0.588. The minimum absolute atomic E-state index is 0.117. The minimum Gasteiger partial charge on any atom is -0.373 e. The van der Waals surface area contributed by atoms with E-state index in [2.05, 4.69) is 22.8 Å². The monoisotopic (exact) mass is 288 g/mol. The Balaban J connectivity index is 1.52. The summed E-state index contributed by atoms with van der Waals surface area (Å²) in [6.45, 7) is 2.73. The van der Waals surface area contributed by atoms with Crippen molar-refractivity contribution in [3.05, 3.63) is 35.9 Å². The summed E-state index contributed by atoms with van der Waals surface area (Å²) >= 11 is 0. The molecule has 1 spiro atoms. The number of carbonyl (C=O) groups excluding carboxylic acids is 1. The number of rotatable bonds is 4. The van der Waals surface area contributed by atoms with Gasteiger partial charge in [-0.3, -0.25) is 4.79 Å². The van der Waals surface area contributed by atoms with Crippen molar-refractivity contribution < 1.29 is 9.53 Å². The van der Waals surface area contributed by atoms with E-state index in [0.717, 1.165) is 45.4 Å². The lowest BCUT2D eigenvalue weighted by atomic mass is 9.85. The van der Waals surface area contributed by atoms with Crippen molar-refractivity contribution in [3.63, 3.8) is 0 Å². The molecule has 0 aromatic heterocycles. The number of nitrogens with one attached hydrogen (secondary N) is 2. The van der Waals surface area contributed by atoms with Crippen LogP contribution in [0, 0.1) is 0 Å². The van der Waals surface area contributed by atoms with Gasteiger partial charge in [0.2, 0.25) is 5.91 Å². The summed E-state index contributed by atoms with van der Waals surface area (Å²) < 4.78 is 6.00. The van der Waals surface area contributed by atoms with Crippen LogP contribution in [0.25, 0.3) is 0 Å². The molecule has 4 heteroatoms. The van der Waals surface area contributed by atoms with Gasteiger partial charge >= 0.3 is 0 Å². The zero-order valence-electron chi connectivity index (χ0n) is 12.4. The number of hydrogen-bond acceptors (Lipinski definition) is 3. The molecule has 0 aliphatic carbocycles. The summed E-state index contributed by atoms with van der Waals surface area (Å²) in [7, 11) is 0. The molecule has 1 atom stereocenters. The molecular formula is C17H24N2O2. The number of piperidine rings is 1. The van der Waals surface area contributed by atoms with Gasteiger partial charge in [-0.2, -0.15) is 0 Å². The fourth-order valence-electron chi connectivity index (χ4n) is 3.46. The molecule has 1 aromatic carbocycles. The van der Waals surface area contributed by atoms with E-state index in [1.807, 2.05) is 18.2 Å². The van der Waals surface area contributed by atoms with Gasteiger partial charge < -0.3 is 15.4 Å². The molecule has 1 aromatic rings. The Kier molecular flexibility index (Phi) is 4.56. The topological polar surface area (TPSA) is 50.4 Å². The molecule has 2 aliphatic heterocycles. The van der Waals surface area contributed by atoms with Crippen LogP contribution in [0.5, 0.6) is 0 Å². The smallest absolute Gasteiger partial charge is 0.220 e. The first-order chi connectivity index (χ1) is 10.3. The first-order valence-corrected chi connectivity index (χ1v) is 7.96. The van der Waals surface area contributed by atoms with Crippen molar-refractivity contribution in [1.82, 2.24) is 10.6 Å². The molecule has 0 radical (unpaired) electrons. The van der Waals surface area contributed by atoms with Gasteiger partial charge in [0.1, 0.15) is 0 Å². The SMILES string of the molecule is O=C(CCc1ccccc1)NC1CCOC12CCNCC2. The van der Waals surface area contributed by atoms with E-state index in [1.54, 1.807) is 0 Å². The van der Waals surface area contributed by atoms with E-state index < -0.39 is 0 Å². The molecule has 2 N–H and O–H groups in total. The first kappa shape index (κ1) is 14.5. The van der Waals surface area contributed by atoms with E-state index in [1.165, 1.54) is 5.56 Å². The van der Waals surface area contributed by atoms with Crippen molar-refractivity contribution >= 4 is 5.91 Å². The predicted molar refractivity (Wildman–Crippen MR) is 82.1 cm³/mol. The normalized spacial score (nSPS) is 24.1. The molecular weight excluding hydrogens is 264 g/mol. The van der Waals surface area contributed by atoms with Gasteiger partial charge in [-0.1, -0.05) is 30.3 Å². The van der Waals surface area contributed by atoms with Crippen molar-refractivity contribution in [3.8, 4) is 0 Å². The molecule has 2 saturated heterocycles. The van der Waals surface area contributed by atoms with Gasteiger partial charge in [0.05, 0.1) is 11.6 Å². The number of amides is 1. The van der Waals surface area contributed by atoms with Crippen LogP contribution in [0.15, 0.2) is 30.3 Å². The summed E-state index contributed by atoms with van der Waals surface area (Å²) in [5.41, 5.74) is 1.10. The van der Waals surface area contributed by atoms with Crippen molar-refractivity contribution in [2.24, 2.45) is 0 Å². The average Bonchev–Trinajstić information content (AvgIpc) is 2.89. The zero-order valence-corrected chi connectivity index (χ0v) is 12.4. The molecule has 2 fully saturated rings. The lowest BCUT2D eigenvalue weighted by molar-refractivity contribution is -0.123. The van der Waals surface area contributed by atoms with Crippen molar-refractivity contribution in [2.75, 3.05) is 19.7 Å². The summed E-state index contributed by atoms with van der Waals surface area (Å²) in [6.07, 6.45) is 4.29. The Bertz CT molecular complexity index is 469. The standard InChI is InChI=1S/C17H24N2O2/c20-16(7-6-14-4-2-1-3-5-14)19-15-8-13-21-17(15)9-11-18-12-10-17/h1-5,15,18H,6-13H2,(H,19,20). The van der Waals surface area contributed by atoms with Gasteiger partial charge in [-0.05, 0) is 44.3 Å². The third-order valence-corrected chi connectivity index (χ3v) is 4.70. The second kappa shape index (κ2) is 6.58. The molecule has 1 amide bonds. The van der Waals surface area contributed by atoms with Crippen LogP contribution in [0.4, 0.5) is 0 Å². The maximum atomic E-state index is 12.2. The van der Waals surface area contributed by atoms with Gasteiger partial charge in [-0.15, -0.1) is 0 Å². The molecule has 3 rings (SSSR count). The lowest BCUT2D eigenvalue weighted by Gasteiger charge is -2.38. The van der Waals surface area contributed by atoms with E-state index in [0.29, 0.717) is 6.42 Å². The predicted octanol–water partition coefficient (Wildman–Crippen LogP) is 1.65. The summed E-state index contributed by atoms with van der Waals surface area (Å²) in [5, 5.41) is 6.58. The molecule has 114 valence electrons. The Morgan fingerprint density at radius 3 is 2.81 bits per heavy atom. The summed E-state index contributed by atoms with van der Waals surface area (Å²) in [6, 6.07) is 10.4. The second-order valence-electron chi connectivity index (χ2n) is 6.06. The van der Waals surface area contributed by atoms with Crippen LogP contribution in [-0.4, -0.2) is 37.2 Å². The van der Waals surface area contributed by atoms with Crippen molar-refractivity contribution in [2.45, 2.75) is 43.7 Å². The molecule has 2 heterocycles. The van der Waals surface area contributed by atoms with Crippen molar-refractivity contribution in [1.29, 1.82) is 0 Å². The fourth-order valence-corrected chi connectivity index (χ4v) is 3.46. The molecule has 0 bridgehead atoms. The van der Waals surface area contributed by atoms with Crippen LogP contribution < -0.4 is 10.6 Å². The zero-order chi connectivity index (χ0) is 14.5. The number of ether oxygens (including phenoxy) is 1. The minimum atomic E-state index is -0.117. The summed E-state index contributed by atoms with van der Waals surface area (Å²) in [5.74, 6) is 0.146. The van der Waals surface area contributed by atoms with Crippen LogP contribution >= 0.6 is 0 Å². The highest BCUT2D eigenvalue weighted by Crippen LogP contribution is 2.34. The van der Waals surface area contributed by atoms with Crippen LogP contribution in [0.1, 0.15) is 31.2 Å². The third-order valence-electron chi connectivity index (χ3n) is 4.70. The maximum absolute atomic E-state index is 12.2. The third kappa shape index (κ3) is 3.44. The number of benzene rings is 1. The number of aryl methyl sites for hydroxylation is 1. The molecule has 21 heavy (non-hydrogen) atoms. The van der Waals surface area contributed by atoms with Gasteiger partial charge in [0.25, 0.3) is 0 Å². The Hall–Kier alpha value is -1.39. The molecule has 0 saturated carbocycles. The highest BCUT2D eigenvalue weighted by Gasteiger charge is 2.45. The summed E-state index contributed by atoms with van der Waals surface area (Å²) in [4.78, 5) is 12.2. The van der Waals surface area contributed by atoms with Crippen LogP contribution in [0.3, 0.4) is 0 Å². The van der Waals surface area contributed by atoms with Gasteiger partial charge in [0.15, 0.2) is 0 Å². The number of hydrogen-bond donors (Lipinski definition) is 2. The molecule has 1 unspecified atom stereocenters. The average molecular weight is 288 g/mol. The van der Waals surface area contributed by atoms with Crippen LogP contribution in [-0.2, 0) is 16.0 Å². The second-order valence-corrected chi connectivity index (χ2v) is 6.06.